The van der Waals surface area contributed by atoms with Crippen LogP contribution in [0.3, 0.4) is 0 Å². The molecule has 5 heteroatoms. The van der Waals surface area contributed by atoms with E-state index in [-0.39, 0.29) is 11.1 Å². The first kappa shape index (κ1) is 13.1. The number of rotatable bonds is 3. The molecule has 88 valence electrons. The lowest BCUT2D eigenvalue weighted by molar-refractivity contribution is -0.153. The Bertz CT molecular complexity index is 383. The summed E-state index contributed by atoms with van der Waals surface area (Å²) in [7, 11) is 0. The Balaban J connectivity index is 3.01. The maximum absolute atomic E-state index is 13.3. The first-order chi connectivity index (χ1) is 7.47. The van der Waals surface area contributed by atoms with Gasteiger partial charge in [-0.2, -0.15) is 0 Å². The summed E-state index contributed by atoms with van der Waals surface area (Å²) in [6, 6.07) is 2.78. The molecule has 1 aromatic carbocycles. The van der Waals surface area contributed by atoms with Crippen LogP contribution in [-0.2, 0) is 9.53 Å². The fourth-order valence-corrected chi connectivity index (χ4v) is 1.85. The Labute approximate surface area is 101 Å². The van der Waals surface area contributed by atoms with E-state index in [0.29, 0.717) is 11.1 Å². The quantitative estimate of drug-likeness (QED) is 0.870. The fraction of sp³-hybridized carbons (Fsp3) is 0.364. The Morgan fingerprint density at radius 1 is 1.62 bits per heavy atom. The van der Waals surface area contributed by atoms with Crippen LogP contribution in [0.4, 0.5) is 4.39 Å². The number of aliphatic hydroxyl groups is 1. The highest BCUT2D eigenvalue weighted by atomic mass is 79.9. The highest BCUT2D eigenvalue weighted by molar-refractivity contribution is 9.10. The molecule has 1 N–H and O–H groups in total. The van der Waals surface area contributed by atoms with Crippen LogP contribution in [0.1, 0.15) is 24.2 Å². The predicted octanol–water partition coefficient (Wildman–Crippen LogP) is 2.49. The number of aliphatic hydroxyl groups excluding tert-OH is 1. The Kier molecular flexibility index (Phi) is 4.44. The van der Waals surface area contributed by atoms with Crippen LogP contribution < -0.4 is 0 Å². The number of benzene rings is 1. The SMILES string of the molecule is CCOC(=O)C(O)c1cc(C)c(F)c(Br)c1. The van der Waals surface area contributed by atoms with Crippen LogP contribution >= 0.6 is 15.9 Å². The third-order valence-electron chi connectivity index (χ3n) is 2.06. The van der Waals surface area contributed by atoms with Crippen molar-refractivity contribution in [2.75, 3.05) is 6.61 Å². The van der Waals surface area contributed by atoms with E-state index in [2.05, 4.69) is 20.7 Å². The smallest absolute Gasteiger partial charge is 0.339 e. The topological polar surface area (TPSA) is 46.5 Å². The van der Waals surface area contributed by atoms with Crippen LogP contribution in [0.5, 0.6) is 0 Å². The monoisotopic (exact) mass is 290 g/mol. The third kappa shape index (κ3) is 2.80. The zero-order valence-electron chi connectivity index (χ0n) is 8.96. The average molecular weight is 291 g/mol. The molecular weight excluding hydrogens is 279 g/mol. The van der Waals surface area contributed by atoms with E-state index in [9.17, 15) is 14.3 Å². The van der Waals surface area contributed by atoms with Crippen LogP contribution in [-0.4, -0.2) is 17.7 Å². The molecule has 3 nitrogen and oxygen atoms in total. The predicted molar refractivity (Wildman–Crippen MR) is 60.4 cm³/mol. The first-order valence-corrected chi connectivity index (χ1v) is 5.57. The van der Waals surface area contributed by atoms with Crippen LogP contribution in [0.15, 0.2) is 16.6 Å². The molecule has 0 saturated carbocycles. The molecule has 1 unspecified atom stereocenters. The summed E-state index contributed by atoms with van der Waals surface area (Å²) in [6.07, 6.45) is -1.38. The highest BCUT2D eigenvalue weighted by Crippen LogP contribution is 2.25. The highest BCUT2D eigenvalue weighted by Gasteiger charge is 2.20. The standard InChI is InChI=1S/C11H12BrFO3/c1-3-16-11(15)10(14)7-4-6(2)9(13)8(12)5-7/h4-5,10,14H,3H2,1-2H3. The minimum Gasteiger partial charge on any atom is -0.464 e. The largest absolute Gasteiger partial charge is 0.464 e. The Morgan fingerprint density at radius 2 is 2.25 bits per heavy atom. The minimum absolute atomic E-state index is 0.192. The van der Waals surface area contributed by atoms with Gasteiger partial charge in [-0.05, 0) is 53.0 Å². The maximum atomic E-state index is 13.3. The van der Waals surface area contributed by atoms with E-state index in [1.165, 1.54) is 12.1 Å². The number of ether oxygens (including phenoxy) is 1. The number of esters is 1. The second-order valence-corrected chi connectivity index (χ2v) is 4.14. The van der Waals surface area contributed by atoms with Gasteiger partial charge in [0.05, 0.1) is 11.1 Å². The fourth-order valence-electron chi connectivity index (χ4n) is 1.27. The van der Waals surface area contributed by atoms with E-state index in [1.807, 2.05) is 0 Å². The number of hydrogen-bond acceptors (Lipinski definition) is 3. The van der Waals surface area contributed by atoms with Gasteiger partial charge in [0.25, 0.3) is 0 Å². The zero-order valence-corrected chi connectivity index (χ0v) is 10.5. The molecule has 0 amide bonds. The summed E-state index contributed by atoms with van der Waals surface area (Å²) in [5.74, 6) is -1.14. The summed E-state index contributed by atoms with van der Waals surface area (Å²) >= 11 is 3.02. The number of aryl methyl sites for hydroxylation is 1. The molecule has 0 aliphatic heterocycles. The number of carbonyl (C=O) groups excluding carboxylic acids is 1. The van der Waals surface area contributed by atoms with Crippen molar-refractivity contribution in [1.29, 1.82) is 0 Å². The first-order valence-electron chi connectivity index (χ1n) is 4.77. The van der Waals surface area contributed by atoms with Crippen LogP contribution in [0, 0.1) is 12.7 Å². The average Bonchev–Trinajstić information content (AvgIpc) is 2.24. The number of hydrogen-bond donors (Lipinski definition) is 1. The summed E-state index contributed by atoms with van der Waals surface area (Å²) in [6.45, 7) is 3.40. The normalized spacial score (nSPS) is 12.3. The molecule has 1 aromatic rings. The lowest BCUT2D eigenvalue weighted by atomic mass is 10.1. The molecule has 1 atom stereocenters. The van der Waals surface area contributed by atoms with Gasteiger partial charge in [-0.1, -0.05) is 0 Å². The van der Waals surface area contributed by atoms with Crippen molar-refractivity contribution in [2.45, 2.75) is 20.0 Å². The lowest BCUT2D eigenvalue weighted by Crippen LogP contribution is -2.15. The summed E-state index contributed by atoms with van der Waals surface area (Å²) in [5.41, 5.74) is 0.664. The number of carbonyl (C=O) groups is 1. The second-order valence-electron chi connectivity index (χ2n) is 3.29. The van der Waals surface area contributed by atoms with Crippen molar-refractivity contribution >= 4 is 21.9 Å². The van der Waals surface area contributed by atoms with E-state index in [1.54, 1.807) is 13.8 Å². The minimum atomic E-state index is -1.38. The maximum Gasteiger partial charge on any atom is 0.339 e. The van der Waals surface area contributed by atoms with Gasteiger partial charge in [-0.25, -0.2) is 9.18 Å². The van der Waals surface area contributed by atoms with Crippen LogP contribution in [0.2, 0.25) is 0 Å². The van der Waals surface area contributed by atoms with Crippen molar-refractivity contribution in [3.8, 4) is 0 Å². The molecule has 0 aliphatic carbocycles. The molecule has 0 aromatic heterocycles. The molecule has 0 saturated heterocycles. The Morgan fingerprint density at radius 3 is 2.75 bits per heavy atom. The van der Waals surface area contributed by atoms with Crippen molar-refractivity contribution in [2.24, 2.45) is 0 Å². The van der Waals surface area contributed by atoms with E-state index in [4.69, 9.17) is 0 Å². The molecule has 0 aliphatic rings. The van der Waals surface area contributed by atoms with Gasteiger partial charge >= 0.3 is 5.97 Å². The molecule has 0 fully saturated rings. The summed E-state index contributed by atoms with van der Waals surface area (Å²) < 4.78 is 18.2. The van der Waals surface area contributed by atoms with Gasteiger partial charge in [0.1, 0.15) is 5.82 Å². The molecule has 0 radical (unpaired) electrons. The lowest BCUT2D eigenvalue weighted by Gasteiger charge is -2.11. The van der Waals surface area contributed by atoms with Crippen molar-refractivity contribution in [3.63, 3.8) is 0 Å². The van der Waals surface area contributed by atoms with Crippen molar-refractivity contribution in [3.05, 3.63) is 33.5 Å². The van der Waals surface area contributed by atoms with Gasteiger partial charge in [0, 0.05) is 0 Å². The van der Waals surface area contributed by atoms with Gasteiger partial charge in [-0.15, -0.1) is 0 Å². The summed E-state index contributed by atoms with van der Waals surface area (Å²) in [4.78, 5) is 11.3. The second kappa shape index (κ2) is 5.41. The molecule has 1 rings (SSSR count). The zero-order chi connectivity index (χ0) is 12.3. The van der Waals surface area contributed by atoms with E-state index in [0.717, 1.165) is 0 Å². The van der Waals surface area contributed by atoms with Crippen LogP contribution in [0.25, 0.3) is 0 Å². The third-order valence-corrected chi connectivity index (χ3v) is 2.64. The van der Waals surface area contributed by atoms with Gasteiger partial charge < -0.3 is 9.84 Å². The van der Waals surface area contributed by atoms with E-state index < -0.39 is 17.9 Å². The van der Waals surface area contributed by atoms with Crippen molar-refractivity contribution < 1.29 is 19.0 Å². The molecule has 0 spiro atoms. The number of halogens is 2. The molecule has 0 heterocycles. The van der Waals surface area contributed by atoms with Gasteiger partial charge in [-0.3, -0.25) is 0 Å². The van der Waals surface area contributed by atoms with E-state index >= 15 is 0 Å². The van der Waals surface area contributed by atoms with Crippen molar-refractivity contribution in [1.82, 2.24) is 0 Å². The molecule has 0 bridgehead atoms. The molecule has 16 heavy (non-hydrogen) atoms. The Hall–Kier alpha value is -0.940. The van der Waals surface area contributed by atoms with Gasteiger partial charge in [0.15, 0.2) is 6.10 Å². The summed E-state index contributed by atoms with van der Waals surface area (Å²) in [5, 5.41) is 9.64. The van der Waals surface area contributed by atoms with Gasteiger partial charge in [0.2, 0.25) is 0 Å². The molecular formula is C11H12BrFO3.